The molecule has 3 amide bonds. The molecule has 2 fully saturated rings. The van der Waals surface area contributed by atoms with Gasteiger partial charge in [-0.25, -0.2) is 0 Å². The predicted molar refractivity (Wildman–Crippen MR) is 163 cm³/mol. The molecule has 2 aromatic carbocycles. The van der Waals surface area contributed by atoms with Crippen molar-refractivity contribution >= 4 is 35.2 Å². The molecule has 9 heteroatoms. The highest BCUT2D eigenvalue weighted by atomic mass is 32.2. The van der Waals surface area contributed by atoms with Crippen molar-refractivity contribution in [3.63, 3.8) is 0 Å². The predicted octanol–water partition coefficient (Wildman–Crippen LogP) is 3.66. The zero-order valence-corrected chi connectivity index (χ0v) is 25.0. The number of likely N-dealkylation sites (tertiary alicyclic amines) is 1. The van der Waals surface area contributed by atoms with Gasteiger partial charge in [-0.2, -0.15) is 0 Å². The van der Waals surface area contributed by atoms with Crippen molar-refractivity contribution in [2.24, 2.45) is 11.8 Å². The number of thioether (sulfide) groups is 1. The zero-order valence-electron chi connectivity index (χ0n) is 24.2. The molecule has 0 saturated carbocycles. The number of benzene rings is 2. The lowest BCUT2D eigenvalue weighted by Crippen LogP contribution is -2.56. The lowest BCUT2D eigenvalue weighted by molar-refractivity contribution is -0.145. The Labute approximate surface area is 251 Å². The van der Waals surface area contributed by atoms with Crippen LogP contribution in [0, 0.1) is 11.8 Å². The molecule has 4 aliphatic rings. The van der Waals surface area contributed by atoms with E-state index in [1.807, 2.05) is 91.6 Å². The van der Waals surface area contributed by atoms with E-state index in [1.165, 1.54) is 0 Å². The van der Waals surface area contributed by atoms with Crippen LogP contribution in [-0.4, -0.2) is 81.0 Å². The minimum absolute atomic E-state index is 0.0798. The summed E-state index contributed by atoms with van der Waals surface area (Å²) in [6.07, 6.45) is 8.56. The van der Waals surface area contributed by atoms with Gasteiger partial charge in [0.25, 0.3) is 5.91 Å². The van der Waals surface area contributed by atoms with Crippen LogP contribution in [0.15, 0.2) is 78.9 Å². The Morgan fingerprint density at radius 1 is 0.952 bits per heavy atom. The smallest absolute Gasteiger partial charge is 0.251 e. The largest absolute Gasteiger partial charge is 0.497 e. The minimum atomic E-state index is -0.965. The molecular formula is C33H37N3O5S. The lowest BCUT2D eigenvalue weighted by Gasteiger charge is -2.39. The maximum atomic E-state index is 14.6. The van der Waals surface area contributed by atoms with Gasteiger partial charge in [-0.05, 0) is 43.2 Å². The Bertz CT molecular complexity index is 1420. The van der Waals surface area contributed by atoms with Gasteiger partial charge in [-0.1, -0.05) is 61.6 Å². The van der Waals surface area contributed by atoms with E-state index in [-0.39, 0.29) is 24.3 Å². The van der Waals surface area contributed by atoms with Gasteiger partial charge >= 0.3 is 0 Å². The molecule has 1 unspecified atom stereocenters. The van der Waals surface area contributed by atoms with Crippen molar-refractivity contribution in [1.29, 1.82) is 0 Å². The molecule has 220 valence electrons. The zero-order chi connectivity index (χ0) is 29.6. The first kappa shape index (κ1) is 28.6. The highest BCUT2D eigenvalue weighted by Gasteiger charge is 2.74. The van der Waals surface area contributed by atoms with Crippen LogP contribution in [0.5, 0.6) is 5.75 Å². The fourth-order valence-electron chi connectivity index (χ4n) is 7.26. The number of carbonyl (C=O) groups is 3. The molecule has 0 aromatic heterocycles. The summed E-state index contributed by atoms with van der Waals surface area (Å²) in [5, 5.41) is 10.4. The van der Waals surface area contributed by atoms with Gasteiger partial charge in [0, 0.05) is 30.1 Å². The molecule has 2 saturated heterocycles. The second-order valence-electron chi connectivity index (χ2n) is 11.6. The van der Waals surface area contributed by atoms with Crippen molar-refractivity contribution in [2.75, 3.05) is 31.7 Å². The van der Waals surface area contributed by atoms with Crippen LogP contribution in [0.3, 0.4) is 0 Å². The van der Waals surface area contributed by atoms with Crippen LogP contribution in [0.1, 0.15) is 25.8 Å². The summed E-state index contributed by atoms with van der Waals surface area (Å²) < 4.78 is 3.66. The summed E-state index contributed by atoms with van der Waals surface area (Å²) in [5.41, 5.74) is 1.72. The molecule has 1 N–H and O–H groups in total. The molecule has 0 bridgehead atoms. The van der Waals surface area contributed by atoms with E-state index in [1.54, 1.807) is 28.7 Å². The summed E-state index contributed by atoms with van der Waals surface area (Å²) in [6.45, 7) is 4.90. The number of hydrogen-bond acceptors (Lipinski definition) is 6. The quantitative estimate of drug-likeness (QED) is 0.498. The first-order chi connectivity index (χ1) is 20.3. The number of nitrogens with zero attached hydrogens (tertiary/aromatic N) is 3. The van der Waals surface area contributed by atoms with E-state index in [0.717, 1.165) is 5.56 Å². The Balaban J connectivity index is 1.44. The fourth-order valence-corrected chi connectivity index (χ4v) is 9.40. The van der Waals surface area contributed by atoms with Crippen molar-refractivity contribution in [2.45, 2.75) is 48.4 Å². The van der Waals surface area contributed by atoms with E-state index in [0.29, 0.717) is 37.5 Å². The minimum Gasteiger partial charge on any atom is -0.497 e. The maximum Gasteiger partial charge on any atom is 0.251 e. The number of ether oxygens (including phenoxy) is 1. The van der Waals surface area contributed by atoms with Gasteiger partial charge in [0.1, 0.15) is 11.8 Å². The van der Waals surface area contributed by atoms with Crippen LogP contribution in [0.4, 0.5) is 5.69 Å². The van der Waals surface area contributed by atoms with Gasteiger partial charge in [0.2, 0.25) is 11.8 Å². The van der Waals surface area contributed by atoms with Crippen LogP contribution >= 0.6 is 11.8 Å². The molecule has 1 spiro atoms. The summed E-state index contributed by atoms with van der Waals surface area (Å²) in [5.74, 6) is -1.25. The van der Waals surface area contributed by atoms with Gasteiger partial charge in [0.15, 0.2) is 0 Å². The number of amides is 3. The normalized spacial score (nSPS) is 31.0. The molecule has 6 atom stereocenters. The first-order valence-electron chi connectivity index (χ1n) is 14.5. The molecule has 0 aliphatic carbocycles. The average molecular weight is 588 g/mol. The standard InChI is InChI=1S/C33H37N3O5S/c1-4-23(21-37)36-28-31(40)35(24-12-14-25(41-3)15-13-24)19-9-17-33(28)27(30(36)39)26-29(38)34(18-8-16-32(26,2)42-33)20-22-10-6-5-7-11-22/h5-17,23,26-28,37H,4,18-21H2,1-3H3/t23-,26-,27-,28?,32+,33-/m0/s1. The number of rotatable bonds is 7. The second-order valence-corrected chi connectivity index (χ2v) is 13.4. The number of carbonyl (C=O) groups excluding carboxylic acids is 3. The van der Waals surface area contributed by atoms with Crippen LogP contribution < -0.4 is 9.64 Å². The molecule has 4 heterocycles. The lowest BCUT2D eigenvalue weighted by atomic mass is 9.74. The van der Waals surface area contributed by atoms with Gasteiger partial charge in [0.05, 0.1) is 36.3 Å². The van der Waals surface area contributed by atoms with E-state index >= 15 is 0 Å². The topological polar surface area (TPSA) is 90.4 Å². The van der Waals surface area contributed by atoms with Crippen LogP contribution in [-0.2, 0) is 20.9 Å². The number of aliphatic hydroxyl groups excluding tert-OH is 1. The van der Waals surface area contributed by atoms with Gasteiger partial charge < -0.3 is 24.5 Å². The Morgan fingerprint density at radius 3 is 2.33 bits per heavy atom. The molecule has 42 heavy (non-hydrogen) atoms. The van der Waals surface area contributed by atoms with E-state index in [2.05, 4.69) is 6.08 Å². The molecule has 6 rings (SSSR count). The van der Waals surface area contributed by atoms with Gasteiger partial charge in [-0.15, -0.1) is 11.8 Å². The summed E-state index contributed by atoms with van der Waals surface area (Å²) in [4.78, 5) is 48.8. The molecule has 4 aliphatic heterocycles. The Morgan fingerprint density at radius 2 is 1.67 bits per heavy atom. The molecular weight excluding hydrogens is 550 g/mol. The molecule has 0 radical (unpaired) electrons. The first-order valence-corrected chi connectivity index (χ1v) is 15.4. The number of fused-ring (bicyclic) bond motifs is 2. The SMILES string of the molecule is CC[C@@H](CO)N1C(=O)[C@@H]2[C@H]3C(=O)N(Cc4ccccc4)CC=C[C@@]3(C)S[C@@]23C=CCN(c2ccc(OC)cc2)C(=O)C13. The maximum absolute atomic E-state index is 14.6. The molecule has 2 aromatic rings. The van der Waals surface area contributed by atoms with Gasteiger partial charge in [-0.3, -0.25) is 14.4 Å². The summed E-state index contributed by atoms with van der Waals surface area (Å²) in [7, 11) is 1.59. The second kappa shape index (κ2) is 10.9. The Hall–Kier alpha value is -3.56. The number of methoxy groups -OCH3 is 1. The fraction of sp³-hybridized carbons (Fsp3) is 0.424. The van der Waals surface area contributed by atoms with Crippen molar-refractivity contribution in [1.82, 2.24) is 9.80 Å². The third-order valence-electron chi connectivity index (χ3n) is 9.25. The third-order valence-corrected chi connectivity index (χ3v) is 11.1. The van der Waals surface area contributed by atoms with Crippen molar-refractivity contribution in [3.8, 4) is 5.75 Å². The van der Waals surface area contributed by atoms with E-state index < -0.39 is 33.4 Å². The monoisotopic (exact) mass is 587 g/mol. The van der Waals surface area contributed by atoms with E-state index in [4.69, 9.17) is 4.74 Å². The number of hydrogen-bond donors (Lipinski definition) is 1. The summed E-state index contributed by atoms with van der Waals surface area (Å²) in [6, 6.07) is 15.7. The van der Waals surface area contributed by atoms with E-state index in [9.17, 15) is 19.5 Å². The summed E-state index contributed by atoms with van der Waals surface area (Å²) >= 11 is 1.56. The van der Waals surface area contributed by atoms with Crippen LogP contribution in [0.25, 0.3) is 0 Å². The van der Waals surface area contributed by atoms with Crippen molar-refractivity contribution in [3.05, 3.63) is 84.5 Å². The Kier molecular flexibility index (Phi) is 7.43. The third kappa shape index (κ3) is 4.36. The number of anilines is 1. The number of aliphatic hydroxyl groups is 1. The highest BCUT2D eigenvalue weighted by molar-refractivity contribution is 8.02. The average Bonchev–Trinajstić information content (AvgIpc) is 3.27. The molecule has 8 nitrogen and oxygen atoms in total. The highest BCUT2D eigenvalue weighted by Crippen LogP contribution is 2.66. The van der Waals surface area contributed by atoms with Crippen molar-refractivity contribution < 1.29 is 24.2 Å². The van der Waals surface area contributed by atoms with Crippen LogP contribution in [0.2, 0.25) is 0 Å².